The van der Waals surface area contributed by atoms with Gasteiger partial charge in [0.05, 0.1) is 5.69 Å². The molecule has 8 heteroatoms. The molecule has 1 N–H and O–H groups in total. The lowest BCUT2D eigenvalue weighted by atomic mass is 9.93. The molecule has 0 fully saturated rings. The van der Waals surface area contributed by atoms with Gasteiger partial charge in [0.2, 0.25) is 0 Å². The first-order valence-corrected chi connectivity index (χ1v) is 10.7. The zero-order chi connectivity index (χ0) is 18.2. The lowest BCUT2D eigenvalue weighted by Crippen LogP contribution is -2.11. The number of sulfonamides is 1. The van der Waals surface area contributed by atoms with Crippen molar-refractivity contribution in [3.05, 3.63) is 52.6 Å². The molecule has 0 saturated carbocycles. The summed E-state index contributed by atoms with van der Waals surface area (Å²) in [5.41, 5.74) is 2.03. The number of hydrogen-bond acceptors (Lipinski definition) is 5. The maximum atomic E-state index is 12.9. The molecule has 3 aromatic rings. The number of nitrogens with one attached hydrogen (secondary N) is 1. The van der Waals surface area contributed by atoms with Gasteiger partial charge in [0.15, 0.2) is 0 Å². The van der Waals surface area contributed by atoms with Gasteiger partial charge in [-0.2, -0.15) is 0 Å². The van der Waals surface area contributed by atoms with Crippen LogP contribution in [0, 0.1) is 5.82 Å². The molecule has 0 atom stereocenters. The SMILES string of the molecule is CC(C)(C)c1csc(-c2csc(S(=O)(=O)Nc3ccc(F)cc3)c2)n1. The van der Waals surface area contributed by atoms with Crippen molar-refractivity contribution < 1.29 is 12.8 Å². The second-order valence-electron chi connectivity index (χ2n) is 6.55. The highest BCUT2D eigenvalue weighted by molar-refractivity contribution is 7.94. The van der Waals surface area contributed by atoms with Crippen LogP contribution >= 0.6 is 22.7 Å². The fraction of sp³-hybridized carbons (Fsp3) is 0.235. The zero-order valence-corrected chi connectivity index (χ0v) is 16.4. The van der Waals surface area contributed by atoms with Gasteiger partial charge in [0, 0.05) is 27.4 Å². The number of halogens is 1. The topological polar surface area (TPSA) is 59.1 Å². The lowest BCUT2D eigenvalue weighted by Gasteiger charge is -2.14. The molecule has 0 bridgehead atoms. The van der Waals surface area contributed by atoms with Gasteiger partial charge in [0.25, 0.3) is 10.0 Å². The van der Waals surface area contributed by atoms with E-state index in [2.05, 4.69) is 30.5 Å². The average Bonchev–Trinajstić information content (AvgIpc) is 3.17. The van der Waals surface area contributed by atoms with Gasteiger partial charge in [-0.15, -0.1) is 22.7 Å². The molecule has 3 rings (SSSR count). The summed E-state index contributed by atoms with van der Waals surface area (Å²) in [6.07, 6.45) is 0. The number of nitrogens with zero attached hydrogens (tertiary/aromatic N) is 1. The van der Waals surface area contributed by atoms with Gasteiger partial charge in [-0.05, 0) is 30.3 Å². The standard InChI is InChI=1S/C17H17FN2O2S3/c1-17(2,3)14-10-24-16(19-14)11-8-15(23-9-11)25(21,22)20-13-6-4-12(18)5-7-13/h4-10,20H,1-3H3. The highest BCUT2D eigenvalue weighted by atomic mass is 32.2. The predicted octanol–water partition coefficient (Wildman–Crippen LogP) is 5.11. The maximum Gasteiger partial charge on any atom is 0.271 e. The van der Waals surface area contributed by atoms with Crippen molar-refractivity contribution in [2.45, 2.75) is 30.4 Å². The van der Waals surface area contributed by atoms with E-state index in [1.165, 1.54) is 35.6 Å². The number of thiophene rings is 1. The Bertz CT molecular complexity index is 984. The molecule has 0 radical (unpaired) electrons. The Morgan fingerprint density at radius 3 is 2.36 bits per heavy atom. The first-order valence-electron chi connectivity index (χ1n) is 7.48. The third-order valence-electron chi connectivity index (χ3n) is 3.46. The van der Waals surface area contributed by atoms with Crippen molar-refractivity contribution >= 4 is 38.4 Å². The van der Waals surface area contributed by atoms with Gasteiger partial charge in [0.1, 0.15) is 15.0 Å². The van der Waals surface area contributed by atoms with E-state index in [0.717, 1.165) is 27.6 Å². The molecule has 1 aromatic carbocycles. The maximum absolute atomic E-state index is 12.9. The average molecular weight is 397 g/mol. The van der Waals surface area contributed by atoms with E-state index >= 15 is 0 Å². The number of anilines is 1. The van der Waals surface area contributed by atoms with E-state index in [-0.39, 0.29) is 9.62 Å². The van der Waals surface area contributed by atoms with Gasteiger partial charge in [-0.3, -0.25) is 4.72 Å². The number of rotatable bonds is 4. The summed E-state index contributed by atoms with van der Waals surface area (Å²) in [6.45, 7) is 6.26. The Balaban J connectivity index is 1.85. The molecule has 0 amide bonds. The fourth-order valence-electron chi connectivity index (χ4n) is 2.04. The van der Waals surface area contributed by atoms with E-state index in [1.807, 2.05) is 5.38 Å². The van der Waals surface area contributed by atoms with Crippen molar-refractivity contribution in [2.24, 2.45) is 0 Å². The second-order valence-corrected chi connectivity index (χ2v) is 10.2. The summed E-state index contributed by atoms with van der Waals surface area (Å²) in [5, 5.41) is 4.58. The van der Waals surface area contributed by atoms with E-state index in [1.54, 1.807) is 11.4 Å². The minimum Gasteiger partial charge on any atom is -0.279 e. The van der Waals surface area contributed by atoms with Crippen LogP contribution in [0.3, 0.4) is 0 Å². The quantitative estimate of drug-likeness (QED) is 0.667. The molecule has 4 nitrogen and oxygen atoms in total. The van der Waals surface area contributed by atoms with Crippen molar-refractivity contribution in [3.63, 3.8) is 0 Å². The van der Waals surface area contributed by atoms with Gasteiger partial charge in [-0.1, -0.05) is 20.8 Å². The molecule has 0 spiro atoms. The Kier molecular flexibility index (Phi) is 4.70. The lowest BCUT2D eigenvalue weighted by molar-refractivity contribution is 0.573. The van der Waals surface area contributed by atoms with Crippen LogP contribution in [0.15, 0.2) is 45.3 Å². The summed E-state index contributed by atoms with van der Waals surface area (Å²) in [5.74, 6) is -0.417. The zero-order valence-electron chi connectivity index (χ0n) is 13.9. The number of thiazole rings is 1. The number of hydrogen-bond donors (Lipinski definition) is 1. The Hall–Kier alpha value is -1.77. The monoisotopic (exact) mass is 396 g/mol. The van der Waals surface area contributed by atoms with E-state index < -0.39 is 15.8 Å². The highest BCUT2D eigenvalue weighted by Crippen LogP contribution is 2.34. The van der Waals surface area contributed by atoms with Crippen LogP contribution in [0.4, 0.5) is 10.1 Å². The van der Waals surface area contributed by atoms with E-state index in [9.17, 15) is 12.8 Å². The molecule has 132 valence electrons. The molecular formula is C17H17FN2O2S3. The first kappa shape index (κ1) is 18.0. The van der Waals surface area contributed by atoms with Crippen LogP contribution in [0.25, 0.3) is 10.6 Å². The molecule has 2 aromatic heterocycles. The Morgan fingerprint density at radius 1 is 1.08 bits per heavy atom. The van der Waals surface area contributed by atoms with Crippen LogP contribution in [0.2, 0.25) is 0 Å². The van der Waals surface area contributed by atoms with Crippen LogP contribution in [-0.2, 0) is 15.4 Å². The Morgan fingerprint density at radius 2 is 1.76 bits per heavy atom. The van der Waals surface area contributed by atoms with Crippen molar-refractivity contribution in [3.8, 4) is 10.6 Å². The minimum absolute atomic E-state index is 0.0518. The van der Waals surface area contributed by atoms with Crippen LogP contribution in [0.5, 0.6) is 0 Å². The second kappa shape index (κ2) is 6.51. The molecule has 0 aliphatic carbocycles. The van der Waals surface area contributed by atoms with Crippen LogP contribution in [-0.4, -0.2) is 13.4 Å². The molecule has 2 heterocycles. The summed E-state index contributed by atoms with van der Waals surface area (Å²) in [7, 11) is -3.71. The van der Waals surface area contributed by atoms with Crippen LogP contribution in [0.1, 0.15) is 26.5 Å². The Labute approximate surface area is 154 Å². The summed E-state index contributed by atoms with van der Waals surface area (Å²) in [6, 6.07) is 6.81. The minimum atomic E-state index is -3.71. The van der Waals surface area contributed by atoms with Gasteiger partial charge in [-0.25, -0.2) is 17.8 Å². The fourth-order valence-corrected chi connectivity index (χ4v) is 5.38. The third kappa shape index (κ3) is 4.08. The number of benzene rings is 1. The molecule has 0 unspecified atom stereocenters. The summed E-state index contributed by atoms with van der Waals surface area (Å²) >= 11 is 2.63. The van der Waals surface area contributed by atoms with E-state index in [4.69, 9.17) is 0 Å². The predicted molar refractivity (Wildman–Crippen MR) is 101 cm³/mol. The van der Waals surface area contributed by atoms with Crippen molar-refractivity contribution in [1.82, 2.24) is 4.98 Å². The largest absolute Gasteiger partial charge is 0.279 e. The van der Waals surface area contributed by atoms with Crippen molar-refractivity contribution in [2.75, 3.05) is 4.72 Å². The summed E-state index contributed by atoms with van der Waals surface area (Å²) < 4.78 is 40.6. The third-order valence-corrected chi connectivity index (χ3v) is 7.17. The van der Waals surface area contributed by atoms with Crippen LogP contribution < -0.4 is 4.72 Å². The number of aromatic nitrogens is 1. The molecule has 0 aliphatic rings. The normalized spacial score (nSPS) is 12.3. The molecule has 0 aliphatic heterocycles. The highest BCUT2D eigenvalue weighted by Gasteiger charge is 2.21. The molecule has 25 heavy (non-hydrogen) atoms. The van der Waals surface area contributed by atoms with Gasteiger partial charge >= 0.3 is 0 Å². The van der Waals surface area contributed by atoms with E-state index in [0.29, 0.717) is 5.69 Å². The van der Waals surface area contributed by atoms with Crippen molar-refractivity contribution in [1.29, 1.82) is 0 Å². The molecule has 0 saturated heterocycles. The first-order chi connectivity index (χ1) is 11.6. The van der Waals surface area contributed by atoms with Gasteiger partial charge < -0.3 is 0 Å². The smallest absolute Gasteiger partial charge is 0.271 e. The molecular weight excluding hydrogens is 379 g/mol. The summed E-state index contributed by atoms with van der Waals surface area (Å²) in [4.78, 5) is 4.61.